The lowest BCUT2D eigenvalue weighted by atomic mass is 10.0. The van der Waals surface area contributed by atoms with Crippen molar-refractivity contribution in [3.05, 3.63) is 53.6 Å². The molecule has 0 aliphatic carbocycles. The van der Waals surface area contributed by atoms with E-state index in [1.807, 2.05) is 13.2 Å². The Morgan fingerprint density at radius 2 is 2.22 bits per heavy atom. The number of nitrogens with zero attached hydrogens (tertiary/aromatic N) is 2. The minimum Gasteiger partial charge on any atom is -0.333 e. The second-order valence-corrected chi connectivity index (χ2v) is 4.60. The second-order valence-electron chi connectivity index (χ2n) is 4.60. The van der Waals surface area contributed by atoms with Gasteiger partial charge in [0.25, 0.3) is 0 Å². The summed E-state index contributed by atoms with van der Waals surface area (Å²) in [7, 11) is 2.01. The van der Waals surface area contributed by atoms with E-state index in [4.69, 9.17) is 0 Å². The molecule has 1 N–H and O–H groups in total. The third kappa shape index (κ3) is 2.79. The van der Waals surface area contributed by atoms with Crippen molar-refractivity contribution in [2.24, 2.45) is 0 Å². The number of nitrogens with one attached hydrogen (secondary N) is 1. The number of rotatable bonds is 5. The Balaban J connectivity index is 2.20. The average Bonchev–Trinajstić information content (AvgIpc) is 2.83. The molecule has 0 bridgehead atoms. The topological polar surface area (TPSA) is 29.9 Å². The fourth-order valence-electron chi connectivity index (χ4n) is 2.27. The molecule has 18 heavy (non-hydrogen) atoms. The van der Waals surface area contributed by atoms with Crippen LogP contribution in [0.4, 0.5) is 0 Å². The average molecular weight is 243 g/mol. The summed E-state index contributed by atoms with van der Waals surface area (Å²) < 4.78 is 2.23. The first-order valence-corrected chi connectivity index (χ1v) is 6.48. The number of likely N-dealkylation sites (N-methyl/N-ethyl adjacent to an activating group) is 1. The highest BCUT2D eigenvalue weighted by Gasteiger charge is 2.11. The van der Waals surface area contributed by atoms with Gasteiger partial charge in [-0.25, -0.2) is 4.98 Å². The normalized spacial score (nSPS) is 12.6. The molecule has 1 unspecified atom stereocenters. The van der Waals surface area contributed by atoms with Crippen LogP contribution >= 0.6 is 0 Å². The zero-order valence-corrected chi connectivity index (χ0v) is 11.4. The molecule has 0 amide bonds. The van der Waals surface area contributed by atoms with Crippen molar-refractivity contribution in [2.45, 2.75) is 32.9 Å². The Bertz CT molecular complexity index is 502. The molecule has 0 spiro atoms. The molecule has 3 nitrogen and oxygen atoms in total. The second kappa shape index (κ2) is 5.83. The number of hydrogen-bond donors (Lipinski definition) is 1. The van der Waals surface area contributed by atoms with Gasteiger partial charge in [-0.2, -0.15) is 0 Å². The smallest absolute Gasteiger partial charge is 0.108 e. The minimum absolute atomic E-state index is 0.324. The van der Waals surface area contributed by atoms with Crippen molar-refractivity contribution in [1.82, 2.24) is 14.9 Å². The SMILES string of the molecule is CCc1nccn1CC(NC)c1cccc(C)c1. The summed E-state index contributed by atoms with van der Waals surface area (Å²) in [6, 6.07) is 8.99. The molecule has 1 aromatic carbocycles. The minimum atomic E-state index is 0.324. The van der Waals surface area contributed by atoms with E-state index in [1.54, 1.807) is 0 Å². The largest absolute Gasteiger partial charge is 0.333 e. The maximum absolute atomic E-state index is 4.37. The Labute approximate surface area is 109 Å². The van der Waals surface area contributed by atoms with Crippen LogP contribution in [-0.2, 0) is 13.0 Å². The van der Waals surface area contributed by atoms with Crippen LogP contribution in [0.15, 0.2) is 36.7 Å². The molecule has 1 aromatic heterocycles. The molecule has 96 valence electrons. The maximum Gasteiger partial charge on any atom is 0.108 e. The van der Waals surface area contributed by atoms with Gasteiger partial charge in [-0.1, -0.05) is 36.8 Å². The van der Waals surface area contributed by atoms with E-state index in [9.17, 15) is 0 Å². The van der Waals surface area contributed by atoms with Crippen LogP contribution in [-0.4, -0.2) is 16.6 Å². The van der Waals surface area contributed by atoms with Gasteiger partial charge in [-0.15, -0.1) is 0 Å². The Morgan fingerprint density at radius 3 is 2.89 bits per heavy atom. The summed E-state index contributed by atoms with van der Waals surface area (Å²) in [5.41, 5.74) is 2.63. The van der Waals surface area contributed by atoms with E-state index in [0.717, 1.165) is 18.8 Å². The number of benzene rings is 1. The van der Waals surface area contributed by atoms with Crippen LogP contribution in [0.3, 0.4) is 0 Å². The zero-order valence-electron chi connectivity index (χ0n) is 11.4. The lowest BCUT2D eigenvalue weighted by Crippen LogP contribution is -2.22. The van der Waals surface area contributed by atoms with Crippen molar-refractivity contribution < 1.29 is 0 Å². The van der Waals surface area contributed by atoms with Gasteiger partial charge in [0.2, 0.25) is 0 Å². The number of aromatic nitrogens is 2. The van der Waals surface area contributed by atoms with Crippen molar-refractivity contribution >= 4 is 0 Å². The van der Waals surface area contributed by atoms with Crippen LogP contribution in [0, 0.1) is 6.92 Å². The summed E-state index contributed by atoms with van der Waals surface area (Å²) in [6.45, 7) is 5.19. The van der Waals surface area contributed by atoms with Crippen LogP contribution in [0.2, 0.25) is 0 Å². The standard InChI is InChI=1S/C15H21N3/c1-4-15-17-8-9-18(15)11-14(16-3)13-7-5-6-12(2)10-13/h5-10,14,16H,4,11H2,1-3H3. The molecule has 0 saturated carbocycles. The highest BCUT2D eigenvalue weighted by atomic mass is 15.1. The molecule has 1 atom stereocenters. The molecule has 2 aromatic rings. The van der Waals surface area contributed by atoms with Crippen molar-refractivity contribution in [2.75, 3.05) is 7.05 Å². The first kappa shape index (κ1) is 12.8. The van der Waals surface area contributed by atoms with E-state index in [-0.39, 0.29) is 0 Å². The zero-order chi connectivity index (χ0) is 13.0. The molecule has 2 rings (SSSR count). The third-order valence-corrected chi connectivity index (χ3v) is 3.29. The maximum atomic E-state index is 4.37. The van der Waals surface area contributed by atoms with Gasteiger partial charge >= 0.3 is 0 Å². The van der Waals surface area contributed by atoms with Crippen LogP contribution < -0.4 is 5.32 Å². The van der Waals surface area contributed by atoms with Gasteiger partial charge in [0, 0.05) is 31.4 Å². The van der Waals surface area contributed by atoms with Crippen LogP contribution in [0.25, 0.3) is 0 Å². The third-order valence-electron chi connectivity index (χ3n) is 3.29. The molecule has 0 aliphatic heterocycles. The van der Waals surface area contributed by atoms with E-state index in [1.165, 1.54) is 11.1 Å². The van der Waals surface area contributed by atoms with Gasteiger partial charge in [0.05, 0.1) is 0 Å². The van der Waals surface area contributed by atoms with E-state index in [0.29, 0.717) is 6.04 Å². The predicted molar refractivity (Wildman–Crippen MR) is 74.6 cm³/mol. The first-order chi connectivity index (χ1) is 8.74. The van der Waals surface area contributed by atoms with E-state index < -0.39 is 0 Å². The van der Waals surface area contributed by atoms with Crippen LogP contribution in [0.1, 0.15) is 29.9 Å². The lowest BCUT2D eigenvalue weighted by molar-refractivity contribution is 0.489. The van der Waals surface area contributed by atoms with E-state index in [2.05, 4.69) is 59.2 Å². The highest BCUT2D eigenvalue weighted by molar-refractivity contribution is 5.25. The summed E-state index contributed by atoms with van der Waals surface area (Å²) >= 11 is 0. The monoisotopic (exact) mass is 243 g/mol. The summed E-state index contributed by atoms with van der Waals surface area (Å²) in [4.78, 5) is 4.37. The molecule has 0 aliphatic rings. The Kier molecular flexibility index (Phi) is 4.15. The highest BCUT2D eigenvalue weighted by Crippen LogP contribution is 2.17. The molecule has 0 radical (unpaired) electrons. The van der Waals surface area contributed by atoms with E-state index >= 15 is 0 Å². The molecule has 3 heteroatoms. The fourth-order valence-corrected chi connectivity index (χ4v) is 2.27. The van der Waals surface area contributed by atoms with Crippen molar-refractivity contribution in [1.29, 1.82) is 0 Å². The van der Waals surface area contributed by atoms with Gasteiger partial charge < -0.3 is 9.88 Å². The quantitative estimate of drug-likeness (QED) is 0.875. The predicted octanol–water partition coefficient (Wildman–Crippen LogP) is 2.71. The van der Waals surface area contributed by atoms with Crippen LogP contribution in [0.5, 0.6) is 0 Å². The summed E-state index contributed by atoms with van der Waals surface area (Å²) in [5.74, 6) is 1.14. The number of hydrogen-bond acceptors (Lipinski definition) is 2. The molecular formula is C15H21N3. The van der Waals surface area contributed by atoms with Gasteiger partial charge in [0.15, 0.2) is 0 Å². The Morgan fingerprint density at radius 1 is 1.39 bits per heavy atom. The fraction of sp³-hybridized carbons (Fsp3) is 0.400. The van der Waals surface area contributed by atoms with Gasteiger partial charge in [-0.05, 0) is 19.5 Å². The summed E-state index contributed by atoms with van der Waals surface area (Å²) in [6.07, 6.45) is 4.90. The Hall–Kier alpha value is -1.61. The number of imidazole rings is 1. The molecular weight excluding hydrogens is 222 g/mol. The molecule has 0 fully saturated rings. The summed E-state index contributed by atoms with van der Waals surface area (Å²) in [5, 5.41) is 3.39. The molecule has 1 heterocycles. The van der Waals surface area contributed by atoms with Crippen molar-refractivity contribution in [3.63, 3.8) is 0 Å². The lowest BCUT2D eigenvalue weighted by Gasteiger charge is -2.19. The van der Waals surface area contributed by atoms with Crippen molar-refractivity contribution in [3.8, 4) is 0 Å². The molecule has 0 saturated heterocycles. The first-order valence-electron chi connectivity index (χ1n) is 6.48. The number of aryl methyl sites for hydroxylation is 2. The van der Waals surface area contributed by atoms with Gasteiger partial charge in [-0.3, -0.25) is 0 Å². The van der Waals surface area contributed by atoms with Gasteiger partial charge in [0.1, 0.15) is 5.82 Å².